The number of aromatic amines is 1. The highest BCUT2D eigenvalue weighted by atomic mass is 16.6. The second kappa shape index (κ2) is 10.7. The molecule has 182 valence electrons. The minimum Gasteiger partial charge on any atom is -0.490 e. The maximum Gasteiger partial charge on any atom is 0.310 e. The number of hydrogen-bond donors (Lipinski definition) is 2. The Labute approximate surface area is 198 Å². The number of H-pyrrole nitrogens is 1. The number of non-ortho nitro benzene ring substituents is 1. The van der Waals surface area contributed by atoms with Crippen molar-refractivity contribution in [2.24, 2.45) is 0 Å². The molecule has 0 fully saturated rings. The first-order valence-electron chi connectivity index (χ1n) is 11.0. The molecule has 0 aliphatic heterocycles. The average molecular weight is 470 g/mol. The first kappa shape index (κ1) is 25.2. The minimum atomic E-state index is -0.782. The van der Waals surface area contributed by atoms with Crippen molar-refractivity contribution in [1.29, 1.82) is 0 Å². The summed E-state index contributed by atoms with van der Waals surface area (Å²) in [5.74, 6) is 0.234. The Morgan fingerprint density at radius 1 is 1.21 bits per heavy atom. The van der Waals surface area contributed by atoms with Gasteiger partial charge in [0, 0.05) is 47.9 Å². The summed E-state index contributed by atoms with van der Waals surface area (Å²) >= 11 is 0. The highest BCUT2D eigenvalue weighted by Crippen LogP contribution is 2.29. The van der Waals surface area contributed by atoms with E-state index in [0.29, 0.717) is 18.8 Å². The van der Waals surface area contributed by atoms with Crippen LogP contribution in [0.25, 0.3) is 10.9 Å². The predicted molar refractivity (Wildman–Crippen MR) is 129 cm³/mol. The van der Waals surface area contributed by atoms with Crippen molar-refractivity contribution in [2.45, 2.75) is 45.4 Å². The van der Waals surface area contributed by atoms with E-state index in [4.69, 9.17) is 9.47 Å². The lowest BCUT2D eigenvalue weighted by Gasteiger charge is -2.37. The van der Waals surface area contributed by atoms with E-state index in [1.165, 1.54) is 19.2 Å². The first-order valence-corrected chi connectivity index (χ1v) is 11.0. The van der Waals surface area contributed by atoms with Gasteiger partial charge >= 0.3 is 5.97 Å². The van der Waals surface area contributed by atoms with Crippen molar-refractivity contribution in [3.8, 4) is 5.75 Å². The number of aliphatic hydroxyl groups is 1. The van der Waals surface area contributed by atoms with Gasteiger partial charge in [0.15, 0.2) is 0 Å². The van der Waals surface area contributed by atoms with Crippen molar-refractivity contribution < 1.29 is 24.3 Å². The maximum atomic E-state index is 11.8. The van der Waals surface area contributed by atoms with Crippen LogP contribution in [-0.2, 0) is 22.5 Å². The van der Waals surface area contributed by atoms with Crippen LogP contribution in [0.1, 0.15) is 31.9 Å². The third kappa shape index (κ3) is 6.33. The molecule has 0 saturated carbocycles. The summed E-state index contributed by atoms with van der Waals surface area (Å²) in [7, 11) is 1.35. The van der Waals surface area contributed by atoms with Crippen molar-refractivity contribution >= 4 is 22.6 Å². The Hall–Kier alpha value is -3.43. The summed E-state index contributed by atoms with van der Waals surface area (Å²) in [5.41, 5.74) is 2.31. The molecule has 3 aromatic rings. The number of aliphatic hydroxyl groups excluding tert-OH is 1. The molecule has 0 radical (unpaired) electrons. The summed E-state index contributed by atoms with van der Waals surface area (Å²) in [6.07, 6.45) is 1.10. The summed E-state index contributed by atoms with van der Waals surface area (Å²) < 4.78 is 10.8. The van der Waals surface area contributed by atoms with Crippen molar-refractivity contribution in [1.82, 2.24) is 9.88 Å². The number of carbonyl (C=O) groups excluding carboxylic acids is 1. The zero-order valence-corrected chi connectivity index (χ0v) is 19.9. The molecule has 1 heterocycles. The van der Waals surface area contributed by atoms with Gasteiger partial charge in [-0.15, -0.1) is 0 Å². The Morgan fingerprint density at radius 2 is 1.91 bits per heavy atom. The Balaban J connectivity index is 1.69. The molecule has 1 aromatic heterocycles. The van der Waals surface area contributed by atoms with Crippen LogP contribution < -0.4 is 4.74 Å². The molecule has 0 aliphatic carbocycles. The molecular formula is C25H31N3O6. The van der Waals surface area contributed by atoms with Crippen LogP contribution >= 0.6 is 0 Å². The van der Waals surface area contributed by atoms with Gasteiger partial charge in [0.2, 0.25) is 0 Å². The van der Waals surface area contributed by atoms with Crippen LogP contribution in [0.5, 0.6) is 5.75 Å². The summed E-state index contributed by atoms with van der Waals surface area (Å²) in [6.45, 7) is 7.07. The van der Waals surface area contributed by atoms with E-state index in [9.17, 15) is 20.0 Å². The van der Waals surface area contributed by atoms with Gasteiger partial charge in [0.25, 0.3) is 5.69 Å². The summed E-state index contributed by atoms with van der Waals surface area (Å²) in [5, 5.41) is 22.5. The van der Waals surface area contributed by atoms with E-state index in [-0.39, 0.29) is 30.2 Å². The molecule has 0 bridgehead atoms. The van der Waals surface area contributed by atoms with Gasteiger partial charge in [0.05, 0.1) is 18.5 Å². The lowest BCUT2D eigenvalue weighted by molar-refractivity contribution is -0.384. The van der Waals surface area contributed by atoms with Crippen molar-refractivity contribution in [2.75, 3.05) is 20.3 Å². The zero-order valence-electron chi connectivity index (χ0n) is 19.9. The molecule has 0 spiro atoms. The molecule has 9 heteroatoms. The number of carbonyl (C=O) groups is 1. The number of nitro groups is 1. The first-order chi connectivity index (χ1) is 16.1. The Bertz CT molecular complexity index is 1130. The minimum absolute atomic E-state index is 0.0463. The molecule has 0 unspecified atom stereocenters. The van der Waals surface area contributed by atoms with Crippen LogP contribution in [0, 0.1) is 10.1 Å². The third-order valence-corrected chi connectivity index (χ3v) is 5.64. The molecular weight excluding hydrogens is 438 g/mol. The summed E-state index contributed by atoms with van der Waals surface area (Å²) in [6, 6.07) is 12.0. The molecule has 2 aromatic carbocycles. The SMILES string of the molecule is COC(=O)Cc1c[nH]c2cccc(OC[C@H](O)CN(Cc3ccc([N+](=O)[O-])cc3)C(C)(C)C)c12. The fraction of sp³-hybridized carbons (Fsp3) is 0.400. The molecule has 0 saturated heterocycles. The van der Waals surface area contributed by atoms with E-state index in [0.717, 1.165) is 22.0 Å². The smallest absolute Gasteiger partial charge is 0.310 e. The molecule has 0 amide bonds. The lowest BCUT2D eigenvalue weighted by Crippen LogP contribution is -2.46. The largest absolute Gasteiger partial charge is 0.490 e. The highest BCUT2D eigenvalue weighted by Gasteiger charge is 2.25. The Kier molecular flexibility index (Phi) is 7.90. The second-order valence-electron chi connectivity index (χ2n) is 9.19. The standard InChI is InChI=1S/C25H31N3O6/c1-25(2,3)27(14-17-8-10-19(11-9-17)28(31)32)15-20(29)16-34-22-7-5-6-21-24(22)18(13-26-21)12-23(30)33-4/h5-11,13,20,26,29H,12,14-16H2,1-4H3/t20-/m1/s1. The van der Waals surface area contributed by atoms with Gasteiger partial charge in [-0.2, -0.15) is 0 Å². The maximum absolute atomic E-state index is 11.8. The average Bonchev–Trinajstić information content (AvgIpc) is 3.20. The second-order valence-corrected chi connectivity index (χ2v) is 9.19. The fourth-order valence-electron chi connectivity index (χ4n) is 3.72. The van der Waals surface area contributed by atoms with E-state index < -0.39 is 11.0 Å². The fourth-order valence-corrected chi connectivity index (χ4v) is 3.72. The van der Waals surface area contributed by atoms with Crippen LogP contribution in [-0.4, -0.2) is 57.8 Å². The van der Waals surface area contributed by atoms with Crippen molar-refractivity contribution in [3.05, 3.63) is 69.9 Å². The number of ether oxygens (including phenoxy) is 2. The van der Waals surface area contributed by atoms with E-state index in [2.05, 4.69) is 9.88 Å². The van der Waals surface area contributed by atoms with Crippen LogP contribution in [0.15, 0.2) is 48.7 Å². The molecule has 0 aliphatic rings. The number of hydrogen-bond acceptors (Lipinski definition) is 7. The van der Waals surface area contributed by atoms with Gasteiger partial charge in [-0.25, -0.2) is 0 Å². The van der Waals surface area contributed by atoms with Gasteiger partial charge in [0.1, 0.15) is 18.5 Å². The predicted octanol–water partition coefficient (Wildman–Crippen LogP) is 3.83. The van der Waals surface area contributed by atoms with Gasteiger partial charge in [-0.1, -0.05) is 18.2 Å². The van der Waals surface area contributed by atoms with Gasteiger partial charge in [-0.05, 0) is 44.0 Å². The monoisotopic (exact) mass is 469 g/mol. The Morgan fingerprint density at radius 3 is 2.53 bits per heavy atom. The molecule has 2 N–H and O–H groups in total. The number of nitrogens with zero attached hydrogens (tertiary/aromatic N) is 2. The van der Waals surface area contributed by atoms with Crippen molar-refractivity contribution in [3.63, 3.8) is 0 Å². The number of fused-ring (bicyclic) bond motifs is 1. The topological polar surface area (TPSA) is 118 Å². The molecule has 34 heavy (non-hydrogen) atoms. The summed E-state index contributed by atoms with van der Waals surface area (Å²) in [4.78, 5) is 27.5. The number of nitrogens with one attached hydrogen (secondary N) is 1. The van der Waals surface area contributed by atoms with Crippen LogP contribution in [0.4, 0.5) is 5.69 Å². The number of benzene rings is 2. The molecule has 3 rings (SSSR count). The normalized spacial score (nSPS) is 12.6. The van der Waals surface area contributed by atoms with Gasteiger partial charge < -0.3 is 19.6 Å². The van der Waals surface area contributed by atoms with E-state index in [1.54, 1.807) is 18.3 Å². The number of aromatic nitrogens is 1. The number of rotatable bonds is 10. The van der Waals surface area contributed by atoms with E-state index >= 15 is 0 Å². The number of esters is 1. The van der Waals surface area contributed by atoms with Crippen LogP contribution in [0.3, 0.4) is 0 Å². The molecule has 9 nitrogen and oxygen atoms in total. The highest BCUT2D eigenvalue weighted by molar-refractivity contribution is 5.92. The number of methoxy groups -OCH3 is 1. The van der Waals surface area contributed by atoms with E-state index in [1.807, 2.05) is 39.0 Å². The van der Waals surface area contributed by atoms with Gasteiger partial charge in [-0.3, -0.25) is 19.8 Å². The number of β-amino-alcohol motifs (C(OH)–C–C–N with tert-alkyl or cyclic N) is 1. The number of nitro benzene ring substituents is 1. The van der Waals surface area contributed by atoms with Crippen LogP contribution in [0.2, 0.25) is 0 Å². The third-order valence-electron chi connectivity index (χ3n) is 5.64. The lowest BCUT2D eigenvalue weighted by atomic mass is 10.0. The molecule has 1 atom stereocenters. The quantitative estimate of drug-likeness (QED) is 0.263. The zero-order chi connectivity index (χ0) is 24.9.